The van der Waals surface area contributed by atoms with Gasteiger partial charge in [0.15, 0.2) is 5.69 Å². The molecule has 3 rings (SSSR count). The number of aromatic nitrogens is 2. The van der Waals surface area contributed by atoms with E-state index in [1.807, 2.05) is 0 Å². The first-order valence-electron chi connectivity index (χ1n) is 8.65. The minimum atomic E-state index is -3.97. The van der Waals surface area contributed by atoms with Crippen LogP contribution >= 0.6 is 0 Å². The lowest BCUT2D eigenvalue weighted by atomic mass is 10.1. The molecule has 29 heavy (non-hydrogen) atoms. The van der Waals surface area contributed by atoms with E-state index in [1.165, 1.54) is 30.3 Å². The molecule has 0 aliphatic rings. The molecule has 3 N–H and O–H groups in total. The molecule has 0 bridgehead atoms. The molecule has 0 amide bonds. The van der Waals surface area contributed by atoms with Crippen LogP contribution in [0.3, 0.4) is 0 Å². The minimum absolute atomic E-state index is 0.0233. The van der Waals surface area contributed by atoms with E-state index >= 15 is 0 Å². The predicted molar refractivity (Wildman–Crippen MR) is 104 cm³/mol. The highest BCUT2D eigenvalue weighted by atomic mass is 32.2. The van der Waals surface area contributed by atoms with E-state index in [0.29, 0.717) is 12.2 Å². The number of ether oxygens (including phenoxy) is 1. The fourth-order valence-corrected chi connectivity index (χ4v) is 3.67. The Kier molecular flexibility index (Phi) is 5.46. The van der Waals surface area contributed by atoms with E-state index in [1.54, 1.807) is 19.9 Å². The Bertz CT molecular complexity index is 1180. The Balaban J connectivity index is 1.80. The molecule has 1 aromatic heterocycles. The number of H-pyrrole nitrogens is 1. The minimum Gasteiger partial charge on any atom is -0.493 e. The number of benzene rings is 2. The molecule has 0 aliphatic heterocycles. The standard InChI is InChI=1S/C19H19FN4O4S/c1-19(2,25)9-10-28-12-3-5-13(6-4-12)29(26,27)24-15-8-7-14(20)17-16(11-21)22-23-18(15)17/h3-8,24-25H,9-10H2,1-2H3,(H,22,23). The van der Waals surface area contributed by atoms with Crippen LogP contribution in [-0.4, -0.2) is 35.9 Å². The lowest BCUT2D eigenvalue weighted by Gasteiger charge is -2.17. The number of sulfonamides is 1. The highest BCUT2D eigenvalue weighted by Crippen LogP contribution is 2.28. The lowest BCUT2D eigenvalue weighted by molar-refractivity contribution is 0.0553. The number of fused-ring (bicyclic) bond motifs is 1. The van der Waals surface area contributed by atoms with Crippen molar-refractivity contribution < 1.29 is 22.7 Å². The predicted octanol–water partition coefficient (Wildman–Crippen LogP) is 2.91. The molecule has 0 saturated carbocycles. The Morgan fingerprint density at radius 1 is 1.28 bits per heavy atom. The van der Waals surface area contributed by atoms with Gasteiger partial charge in [0.2, 0.25) is 0 Å². The van der Waals surface area contributed by atoms with E-state index < -0.39 is 21.4 Å². The van der Waals surface area contributed by atoms with Crippen LogP contribution < -0.4 is 9.46 Å². The van der Waals surface area contributed by atoms with Crippen molar-refractivity contribution >= 4 is 26.6 Å². The zero-order valence-corrected chi connectivity index (χ0v) is 16.5. The molecule has 0 atom stereocenters. The second kappa shape index (κ2) is 7.69. The highest BCUT2D eigenvalue weighted by Gasteiger charge is 2.20. The molecular formula is C19H19FN4O4S. The molecule has 0 radical (unpaired) electrons. The molecule has 2 aromatic carbocycles. The molecule has 0 spiro atoms. The summed E-state index contributed by atoms with van der Waals surface area (Å²) in [4.78, 5) is -0.0233. The second-order valence-electron chi connectivity index (χ2n) is 7.02. The zero-order chi connectivity index (χ0) is 21.2. The number of nitriles is 1. The molecule has 10 heteroatoms. The molecule has 0 fully saturated rings. The van der Waals surface area contributed by atoms with E-state index in [2.05, 4.69) is 14.9 Å². The molecule has 8 nitrogen and oxygen atoms in total. The van der Waals surface area contributed by atoms with Crippen molar-refractivity contribution in [2.45, 2.75) is 30.8 Å². The fraction of sp³-hybridized carbons (Fsp3) is 0.263. The number of hydrogen-bond acceptors (Lipinski definition) is 6. The quantitative estimate of drug-likeness (QED) is 0.541. The Morgan fingerprint density at radius 2 is 1.97 bits per heavy atom. The first-order valence-corrected chi connectivity index (χ1v) is 10.1. The summed E-state index contributed by atoms with van der Waals surface area (Å²) in [6.45, 7) is 3.62. The zero-order valence-electron chi connectivity index (χ0n) is 15.7. The van der Waals surface area contributed by atoms with Gasteiger partial charge >= 0.3 is 0 Å². The van der Waals surface area contributed by atoms with Gasteiger partial charge in [-0.3, -0.25) is 9.82 Å². The largest absolute Gasteiger partial charge is 0.493 e. The third-order valence-electron chi connectivity index (χ3n) is 4.14. The van der Waals surface area contributed by atoms with E-state index in [4.69, 9.17) is 10.00 Å². The van der Waals surface area contributed by atoms with Gasteiger partial charge in [0, 0.05) is 6.42 Å². The van der Waals surface area contributed by atoms with Gasteiger partial charge in [-0.05, 0) is 50.2 Å². The topological polar surface area (TPSA) is 128 Å². The van der Waals surface area contributed by atoms with Crippen LogP contribution in [0.25, 0.3) is 10.9 Å². The van der Waals surface area contributed by atoms with E-state index in [0.717, 1.165) is 6.07 Å². The monoisotopic (exact) mass is 418 g/mol. The van der Waals surface area contributed by atoms with Gasteiger partial charge in [-0.1, -0.05) is 0 Å². The number of aliphatic hydroxyl groups is 1. The first-order chi connectivity index (χ1) is 13.6. The molecule has 1 heterocycles. The summed E-state index contributed by atoms with van der Waals surface area (Å²) >= 11 is 0. The van der Waals surface area contributed by atoms with Crippen LogP contribution in [0.2, 0.25) is 0 Å². The van der Waals surface area contributed by atoms with Crippen LogP contribution in [0, 0.1) is 17.1 Å². The highest BCUT2D eigenvalue weighted by molar-refractivity contribution is 7.92. The first kappa shape index (κ1) is 20.6. The molecule has 3 aromatic rings. The summed E-state index contributed by atoms with van der Waals surface area (Å²) in [5.74, 6) is -0.217. The summed E-state index contributed by atoms with van der Waals surface area (Å²) in [7, 11) is -3.97. The fourth-order valence-electron chi connectivity index (χ4n) is 2.60. The molecule has 0 unspecified atom stereocenters. The van der Waals surface area contributed by atoms with E-state index in [9.17, 15) is 17.9 Å². The Morgan fingerprint density at radius 3 is 2.59 bits per heavy atom. The van der Waals surface area contributed by atoms with Crippen LogP contribution in [0.5, 0.6) is 5.75 Å². The van der Waals surface area contributed by atoms with Gasteiger partial charge in [0.1, 0.15) is 17.6 Å². The number of anilines is 1. The van der Waals surface area contributed by atoms with Crippen molar-refractivity contribution in [3.05, 3.63) is 47.9 Å². The number of aromatic amines is 1. The van der Waals surface area contributed by atoms with Crippen molar-refractivity contribution in [1.29, 1.82) is 5.26 Å². The van der Waals surface area contributed by atoms with Gasteiger partial charge in [-0.2, -0.15) is 10.4 Å². The van der Waals surface area contributed by atoms with Crippen LogP contribution in [-0.2, 0) is 10.0 Å². The van der Waals surface area contributed by atoms with Crippen LogP contribution in [0.4, 0.5) is 10.1 Å². The average molecular weight is 418 g/mol. The van der Waals surface area contributed by atoms with Gasteiger partial charge < -0.3 is 9.84 Å². The lowest BCUT2D eigenvalue weighted by Crippen LogP contribution is -2.21. The number of nitrogens with zero attached hydrogens (tertiary/aromatic N) is 2. The maximum Gasteiger partial charge on any atom is 0.261 e. The third kappa shape index (κ3) is 4.64. The SMILES string of the molecule is CC(C)(O)CCOc1ccc(S(=O)(=O)Nc2ccc(F)c3c(C#N)n[nH]c23)cc1. The Hall–Kier alpha value is -3.16. The molecular weight excluding hydrogens is 399 g/mol. The second-order valence-corrected chi connectivity index (χ2v) is 8.70. The van der Waals surface area contributed by atoms with Crippen molar-refractivity contribution in [3.63, 3.8) is 0 Å². The number of rotatable bonds is 7. The van der Waals surface area contributed by atoms with Crippen LogP contribution in [0.15, 0.2) is 41.3 Å². The van der Waals surface area contributed by atoms with Crippen molar-refractivity contribution in [2.24, 2.45) is 0 Å². The van der Waals surface area contributed by atoms with Crippen molar-refractivity contribution in [3.8, 4) is 11.8 Å². The summed E-state index contributed by atoms with van der Waals surface area (Å²) in [6, 6.07) is 9.82. The average Bonchev–Trinajstić information content (AvgIpc) is 3.09. The summed E-state index contributed by atoms with van der Waals surface area (Å²) in [6.07, 6.45) is 0.421. The van der Waals surface area contributed by atoms with Crippen molar-refractivity contribution in [2.75, 3.05) is 11.3 Å². The Labute approximate surface area is 167 Å². The summed E-state index contributed by atoms with van der Waals surface area (Å²) in [5.41, 5.74) is -0.866. The van der Waals surface area contributed by atoms with Gasteiger partial charge in [-0.25, -0.2) is 12.8 Å². The van der Waals surface area contributed by atoms with Crippen molar-refractivity contribution in [1.82, 2.24) is 10.2 Å². The normalized spacial score (nSPS) is 12.0. The maximum absolute atomic E-state index is 14.0. The van der Waals surface area contributed by atoms with Crippen LogP contribution in [0.1, 0.15) is 26.0 Å². The van der Waals surface area contributed by atoms with Gasteiger partial charge in [0.25, 0.3) is 10.0 Å². The number of nitrogens with one attached hydrogen (secondary N) is 2. The van der Waals surface area contributed by atoms with E-state index in [-0.39, 0.29) is 33.8 Å². The third-order valence-corrected chi connectivity index (χ3v) is 5.52. The number of halogens is 1. The molecule has 0 saturated heterocycles. The summed E-state index contributed by atoms with van der Waals surface area (Å²) in [5, 5.41) is 24.8. The summed E-state index contributed by atoms with van der Waals surface area (Å²) < 4.78 is 47.2. The smallest absolute Gasteiger partial charge is 0.261 e. The van der Waals surface area contributed by atoms with Gasteiger partial charge in [-0.15, -0.1) is 0 Å². The molecule has 152 valence electrons. The molecule has 0 aliphatic carbocycles. The van der Waals surface area contributed by atoms with Gasteiger partial charge in [0.05, 0.1) is 33.7 Å². The number of hydrogen-bond donors (Lipinski definition) is 3. The maximum atomic E-state index is 14.0.